The molecule has 0 radical (unpaired) electrons. The number of hydrogen-bond donors (Lipinski definition) is 1. The first-order chi connectivity index (χ1) is 8.73. The Hall–Kier alpha value is -0.760. The molecule has 0 aromatic rings. The van der Waals surface area contributed by atoms with Crippen LogP contribution in [0.5, 0.6) is 0 Å². The van der Waals surface area contributed by atoms with Crippen LogP contribution in [0.2, 0.25) is 0 Å². The van der Waals surface area contributed by atoms with E-state index in [0.29, 0.717) is 11.7 Å². The largest absolute Gasteiger partial charge is 0.480 e. The summed E-state index contributed by atoms with van der Waals surface area (Å²) in [5, 5.41) is 7.81. The average molecular weight is 307 g/mol. The van der Waals surface area contributed by atoms with Crippen molar-refractivity contribution in [3.63, 3.8) is 0 Å². The van der Waals surface area contributed by atoms with Gasteiger partial charge >= 0.3 is 5.97 Å². The highest BCUT2D eigenvalue weighted by Gasteiger charge is 2.49. The number of amides is 1. The van der Waals surface area contributed by atoms with E-state index >= 15 is 0 Å². The van der Waals surface area contributed by atoms with Crippen LogP contribution in [0.15, 0.2) is 0 Å². The zero-order valence-electron chi connectivity index (χ0n) is 10.8. The summed E-state index contributed by atoms with van der Waals surface area (Å²) in [5.74, 6) is -1.01. The average Bonchev–Trinajstić information content (AvgIpc) is 3.04. The van der Waals surface area contributed by atoms with E-state index in [1.165, 1.54) is 23.6 Å². The van der Waals surface area contributed by atoms with Crippen molar-refractivity contribution in [2.45, 2.75) is 36.4 Å². The molecule has 19 heavy (non-hydrogen) atoms. The molecule has 0 aromatic heterocycles. The van der Waals surface area contributed by atoms with E-state index in [-0.39, 0.29) is 5.37 Å². The van der Waals surface area contributed by atoms with Gasteiger partial charge in [0.2, 0.25) is 5.91 Å². The van der Waals surface area contributed by atoms with Crippen LogP contribution < -0.4 is 0 Å². The van der Waals surface area contributed by atoms with E-state index in [0.717, 1.165) is 19.1 Å². The van der Waals surface area contributed by atoms with Crippen molar-refractivity contribution in [1.29, 1.82) is 0 Å². The van der Waals surface area contributed by atoms with Gasteiger partial charge < -0.3 is 10.0 Å². The number of rotatable bonds is 4. The molecule has 3 unspecified atom stereocenters. The predicted molar refractivity (Wildman–Crippen MR) is 71.5 cm³/mol. The van der Waals surface area contributed by atoms with Gasteiger partial charge in [-0.2, -0.15) is 0 Å². The standard InChI is InChI=1S/C11H17NO5S2/c1-6(19(2,16)17)9(13)12-8(11(14)15)5-18-10(12)7-3-4-7/h6-8,10H,3-5H2,1-2H3,(H,14,15). The number of carboxylic acids is 1. The topological polar surface area (TPSA) is 91.8 Å². The lowest BCUT2D eigenvalue weighted by atomic mass is 10.2. The fraction of sp³-hybridized carbons (Fsp3) is 0.818. The molecular formula is C11H17NO5S2. The Bertz CT molecular complexity index is 499. The maximum absolute atomic E-state index is 12.3. The Morgan fingerprint density at radius 2 is 1.95 bits per heavy atom. The van der Waals surface area contributed by atoms with Crippen molar-refractivity contribution in [2.24, 2.45) is 5.92 Å². The number of carbonyl (C=O) groups is 2. The number of aliphatic carboxylic acids is 1. The smallest absolute Gasteiger partial charge is 0.327 e. The maximum atomic E-state index is 12.3. The van der Waals surface area contributed by atoms with Crippen molar-refractivity contribution < 1.29 is 23.1 Å². The Morgan fingerprint density at radius 3 is 2.37 bits per heavy atom. The molecule has 1 aliphatic heterocycles. The summed E-state index contributed by atoms with van der Waals surface area (Å²) in [6.07, 6.45) is 2.95. The molecule has 1 aliphatic carbocycles. The Labute approximate surface area is 116 Å². The van der Waals surface area contributed by atoms with Crippen molar-refractivity contribution in [3.05, 3.63) is 0 Å². The van der Waals surface area contributed by atoms with Crippen LogP contribution >= 0.6 is 11.8 Å². The maximum Gasteiger partial charge on any atom is 0.327 e. The minimum absolute atomic E-state index is 0.183. The summed E-state index contributed by atoms with van der Waals surface area (Å²) in [5.41, 5.74) is 0. The van der Waals surface area contributed by atoms with Gasteiger partial charge in [-0.1, -0.05) is 0 Å². The summed E-state index contributed by atoms with van der Waals surface area (Å²) in [6.45, 7) is 1.32. The molecule has 1 N–H and O–H groups in total. The molecular weight excluding hydrogens is 290 g/mol. The number of carboxylic acid groups (broad SMARTS) is 1. The minimum atomic E-state index is -3.51. The van der Waals surface area contributed by atoms with Crippen LogP contribution in [0.3, 0.4) is 0 Å². The highest BCUT2D eigenvalue weighted by Crippen LogP contribution is 2.45. The van der Waals surface area contributed by atoms with Crippen LogP contribution in [0, 0.1) is 5.92 Å². The molecule has 2 rings (SSSR count). The van der Waals surface area contributed by atoms with Crippen LogP contribution in [-0.2, 0) is 19.4 Å². The molecule has 0 aromatic carbocycles. The van der Waals surface area contributed by atoms with Crippen molar-refractivity contribution in [1.82, 2.24) is 4.90 Å². The van der Waals surface area contributed by atoms with Gasteiger partial charge in [0.05, 0.1) is 5.37 Å². The van der Waals surface area contributed by atoms with Crippen LogP contribution in [0.25, 0.3) is 0 Å². The Kier molecular flexibility index (Phi) is 3.83. The lowest BCUT2D eigenvalue weighted by Crippen LogP contribution is -2.51. The molecule has 8 heteroatoms. The van der Waals surface area contributed by atoms with E-state index in [1.54, 1.807) is 0 Å². The predicted octanol–water partition coefficient (Wildman–Crippen LogP) is 0.184. The van der Waals surface area contributed by atoms with Crippen LogP contribution in [0.1, 0.15) is 19.8 Å². The van der Waals surface area contributed by atoms with Crippen LogP contribution in [-0.4, -0.2) is 59.0 Å². The molecule has 3 atom stereocenters. The van der Waals surface area contributed by atoms with Gasteiger partial charge in [-0.05, 0) is 25.7 Å². The normalized spacial score (nSPS) is 29.3. The fourth-order valence-electron chi connectivity index (χ4n) is 2.13. The summed E-state index contributed by atoms with van der Waals surface area (Å²) < 4.78 is 23.0. The molecule has 1 amide bonds. The van der Waals surface area contributed by atoms with E-state index < -0.39 is 33.0 Å². The number of hydrogen-bond acceptors (Lipinski definition) is 5. The molecule has 2 aliphatic rings. The van der Waals surface area contributed by atoms with Gasteiger partial charge in [0.1, 0.15) is 11.3 Å². The number of nitrogens with zero attached hydrogens (tertiary/aromatic N) is 1. The highest BCUT2D eigenvalue weighted by atomic mass is 32.2. The molecule has 108 valence electrons. The van der Waals surface area contributed by atoms with Gasteiger partial charge in [-0.3, -0.25) is 4.79 Å². The molecule has 1 saturated carbocycles. The monoisotopic (exact) mass is 307 g/mol. The van der Waals surface area contributed by atoms with Crippen molar-refractivity contribution in [2.75, 3.05) is 12.0 Å². The number of carbonyl (C=O) groups excluding carboxylic acids is 1. The summed E-state index contributed by atoms with van der Waals surface area (Å²) in [6, 6.07) is -0.910. The molecule has 6 nitrogen and oxygen atoms in total. The lowest BCUT2D eigenvalue weighted by molar-refractivity contribution is -0.149. The Morgan fingerprint density at radius 1 is 1.37 bits per heavy atom. The highest BCUT2D eigenvalue weighted by molar-refractivity contribution is 8.00. The van der Waals surface area contributed by atoms with Crippen LogP contribution in [0.4, 0.5) is 0 Å². The van der Waals surface area contributed by atoms with E-state index in [2.05, 4.69) is 0 Å². The van der Waals surface area contributed by atoms with E-state index in [4.69, 9.17) is 0 Å². The second-order valence-electron chi connectivity index (χ2n) is 5.13. The number of thioether (sulfide) groups is 1. The molecule has 1 heterocycles. The van der Waals surface area contributed by atoms with Gasteiger partial charge in [0.25, 0.3) is 0 Å². The minimum Gasteiger partial charge on any atom is -0.480 e. The molecule has 2 fully saturated rings. The zero-order valence-corrected chi connectivity index (χ0v) is 12.4. The third-order valence-electron chi connectivity index (χ3n) is 3.59. The third kappa shape index (κ3) is 2.89. The SMILES string of the molecule is CC(C(=O)N1C(C(=O)O)CSC1C1CC1)S(C)(=O)=O. The third-order valence-corrected chi connectivity index (χ3v) is 6.54. The van der Waals surface area contributed by atoms with E-state index in [1.807, 2.05) is 0 Å². The fourth-order valence-corrected chi connectivity index (χ4v) is 4.26. The van der Waals surface area contributed by atoms with Crippen molar-refractivity contribution >= 4 is 33.5 Å². The second kappa shape index (κ2) is 4.97. The second-order valence-corrected chi connectivity index (χ2v) is 8.65. The zero-order chi connectivity index (χ0) is 14.4. The summed E-state index contributed by atoms with van der Waals surface area (Å²) in [7, 11) is -3.51. The van der Waals surface area contributed by atoms with Gasteiger partial charge in [0, 0.05) is 12.0 Å². The Balaban J connectivity index is 2.25. The molecule has 0 bridgehead atoms. The first-order valence-corrected chi connectivity index (χ1v) is 9.09. The van der Waals surface area contributed by atoms with Gasteiger partial charge in [-0.25, -0.2) is 13.2 Å². The lowest BCUT2D eigenvalue weighted by Gasteiger charge is -2.29. The first kappa shape index (κ1) is 14.6. The quantitative estimate of drug-likeness (QED) is 0.797. The number of sulfone groups is 1. The van der Waals surface area contributed by atoms with Gasteiger partial charge in [0.15, 0.2) is 9.84 Å². The summed E-state index contributed by atoms with van der Waals surface area (Å²) >= 11 is 1.44. The van der Waals surface area contributed by atoms with Gasteiger partial charge in [-0.15, -0.1) is 11.8 Å². The van der Waals surface area contributed by atoms with Crippen molar-refractivity contribution in [3.8, 4) is 0 Å². The molecule has 0 spiro atoms. The van der Waals surface area contributed by atoms with E-state index in [9.17, 15) is 23.1 Å². The first-order valence-electron chi connectivity index (χ1n) is 6.09. The summed E-state index contributed by atoms with van der Waals surface area (Å²) in [4.78, 5) is 24.8. The molecule has 1 saturated heterocycles.